The zero-order chi connectivity index (χ0) is 42.1. The molecule has 56 heavy (non-hydrogen) atoms. The van der Waals surface area contributed by atoms with E-state index in [0.29, 0.717) is 12.1 Å². The first-order valence-corrected chi connectivity index (χ1v) is 23.3. The summed E-state index contributed by atoms with van der Waals surface area (Å²) < 4.78 is 187. The van der Waals surface area contributed by atoms with Crippen molar-refractivity contribution in [3.63, 3.8) is 0 Å². The lowest BCUT2D eigenvalue weighted by Gasteiger charge is -2.20. The Hall–Kier alpha value is -4.60. The minimum atomic E-state index is -5.31. The second-order valence-corrected chi connectivity index (χ2v) is 20.0. The molecule has 0 fully saturated rings. The molecule has 4 rings (SSSR count). The molecule has 7 N–H and O–H groups in total. The maximum Gasteiger partial charge on any atom is 0.397 e. The predicted octanol–water partition coefficient (Wildman–Crippen LogP) is 1.01. The molecule has 0 atom stereocenters. The third-order valence-corrected chi connectivity index (χ3v) is 13.0. The van der Waals surface area contributed by atoms with Gasteiger partial charge in [-0.25, -0.2) is 25.2 Å². The number of rotatable bonds is 16. The van der Waals surface area contributed by atoms with E-state index in [0.717, 1.165) is 48.5 Å². The normalized spacial score (nSPS) is 15.2. The number of nitrogen functional groups attached to an aromatic ring is 1. The summed E-state index contributed by atoms with van der Waals surface area (Å²) in [6.07, 6.45) is 0.600. The molecule has 0 saturated heterocycles. The number of nitrogens with zero attached hydrogens (tertiary/aromatic N) is 3. The summed E-state index contributed by atoms with van der Waals surface area (Å²) in [6, 6.07) is 8.88. The lowest BCUT2D eigenvalue weighted by atomic mass is 9.92. The third-order valence-electron chi connectivity index (χ3n) is 6.99. The highest BCUT2D eigenvalue weighted by molar-refractivity contribution is 7.92. The number of benzene rings is 3. The van der Waals surface area contributed by atoms with Gasteiger partial charge < -0.3 is 5.73 Å². The van der Waals surface area contributed by atoms with Gasteiger partial charge in [-0.1, -0.05) is 0 Å². The molecule has 0 unspecified atom stereocenters. The number of nitrogens with one attached hydrogen (secondary N) is 1. The van der Waals surface area contributed by atoms with Gasteiger partial charge in [0.1, 0.15) is 15.5 Å². The largest absolute Gasteiger partial charge is 0.397 e. The summed E-state index contributed by atoms with van der Waals surface area (Å²) in [7, 11) is -28.7. The number of carbonyl (C=O) groups is 1. The number of allylic oxidation sites excluding steroid dienone is 1. The van der Waals surface area contributed by atoms with Gasteiger partial charge in [-0.05, 0) is 66.2 Å². The monoisotopic (exact) mass is 903 g/mol. The van der Waals surface area contributed by atoms with E-state index in [1.165, 1.54) is 0 Å². The van der Waals surface area contributed by atoms with E-state index in [9.17, 15) is 64.4 Å². The Kier molecular flexibility index (Phi) is 12.7. The van der Waals surface area contributed by atoms with E-state index in [1.807, 2.05) is 0 Å². The number of ketones is 1. The second kappa shape index (κ2) is 16.1. The standard InChI is InChI=1S/C26H25N5O19S6/c27-23-22-15(13-20(53(37,38)39)24(23)30-28-16-1-5-18(6-2-16)51(33,34)11-9-49-55(43,44)45)14-21(54(40,41)42)25(26(22)32)31-29-17-3-7-19(8-4-17)52(35,36)12-10-50-56(46,47)48/h1-8,13-14,29H,9-12,27H2,(H,37,38,39)(H,40,41,42)(H,43,44,45)(H,46,47,48)/b30-28?,31-25+. The van der Waals surface area contributed by atoms with Gasteiger partial charge in [0.05, 0.1) is 57.1 Å². The molecule has 0 saturated carbocycles. The minimum absolute atomic E-state index is 0.0756. The smallest absolute Gasteiger partial charge is 0.396 e. The van der Waals surface area contributed by atoms with Gasteiger partial charge in [0, 0.05) is 0 Å². The van der Waals surface area contributed by atoms with E-state index in [4.69, 9.17) is 14.8 Å². The molecule has 30 heteroatoms. The third kappa shape index (κ3) is 11.3. The summed E-state index contributed by atoms with van der Waals surface area (Å²) >= 11 is 0. The van der Waals surface area contributed by atoms with Crippen LogP contribution in [0.4, 0.5) is 22.7 Å². The molecule has 1 aliphatic rings. The van der Waals surface area contributed by atoms with Crippen LogP contribution in [0, 0.1) is 0 Å². The lowest BCUT2D eigenvalue weighted by Crippen LogP contribution is -2.28. The first kappa shape index (κ1) is 44.1. The molecule has 0 aliphatic heterocycles. The Bertz CT molecular complexity index is 2860. The Morgan fingerprint density at radius 2 is 1.14 bits per heavy atom. The van der Waals surface area contributed by atoms with Gasteiger partial charge >= 0.3 is 20.8 Å². The number of hydrazone groups is 1. The van der Waals surface area contributed by atoms with Crippen molar-refractivity contribution in [2.45, 2.75) is 14.7 Å². The maximum absolute atomic E-state index is 13.7. The van der Waals surface area contributed by atoms with Crippen molar-refractivity contribution in [1.29, 1.82) is 0 Å². The molecule has 0 bridgehead atoms. The molecule has 0 heterocycles. The molecule has 24 nitrogen and oxygen atoms in total. The van der Waals surface area contributed by atoms with E-state index in [-0.39, 0.29) is 21.2 Å². The van der Waals surface area contributed by atoms with Crippen LogP contribution in [0.25, 0.3) is 6.08 Å². The van der Waals surface area contributed by atoms with Gasteiger partial charge in [0.2, 0.25) is 5.78 Å². The summed E-state index contributed by atoms with van der Waals surface area (Å²) in [4.78, 5) is 10.7. The van der Waals surface area contributed by atoms with Crippen LogP contribution in [-0.2, 0) is 69.1 Å². The second-order valence-electron chi connectivity index (χ2n) is 10.8. The Morgan fingerprint density at radius 3 is 1.59 bits per heavy atom. The Balaban J connectivity index is 1.69. The molecule has 304 valence electrons. The van der Waals surface area contributed by atoms with Crippen LogP contribution >= 0.6 is 0 Å². The SMILES string of the molecule is Nc1c(N=Nc2ccc(S(=O)(=O)CCOS(=O)(=O)O)cc2)c(S(=O)(=O)O)cc2c1C(=O)/C(=N/Nc1ccc(S(=O)(=O)CCOS(=O)(=O)O)cc1)C(S(=O)(=O)O)=C2. The van der Waals surface area contributed by atoms with Crippen molar-refractivity contribution in [3.05, 3.63) is 70.6 Å². The average Bonchev–Trinajstić information content (AvgIpc) is 3.05. The summed E-state index contributed by atoms with van der Waals surface area (Å²) in [5, 5.41) is 11.2. The fraction of sp³-hybridized carbons (Fsp3) is 0.154. The van der Waals surface area contributed by atoms with Crippen LogP contribution in [0.5, 0.6) is 0 Å². The highest BCUT2D eigenvalue weighted by Gasteiger charge is 2.37. The molecular formula is C26H25N5O19S6. The van der Waals surface area contributed by atoms with Crippen LogP contribution in [0.3, 0.4) is 0 Å². The average molecular weight is 904 g/mol. The van der Waals surface area contributed by atoms with Crippen LogP contribution in [0.15, 0.2) is 89.5 Å². The number of hydrogen-bond acceptors (Lipinski definition) is 20. The topological polar surface area (TPSA) is 396 Å². The molecule has 0 radical (unpaired) electrons. The zero-order valence-electron chi connectivity index (χ0n) is 27.4. The molecule has 0 aromatic heterocycles. The maximum atomic E-state index is 13.7. The van der Waals surface area contributed by atoms with Crippen molar-refractivity contribution < 1.29 is 81.9 Å². The number of anilines is 2. The summed E-state index contributed by atoms with van der Waals surface area (Å²) in [5.41, 5.74) is 4.31. The summed E-state index contributed by atoms with van der Waals surface area (Å²) in [5.74, 6) is -3.07. The van der Waals surface area contributed by atoms with Crippen molar-refractivity contribution in [1.82, 2.24) is 0 Å². The minimum Gasteiger partial charge on any atom is -0.396 e. The predicted molar refractivity (Wildman–Crippen MR) is 192 cm³/mol. The number of sulfone groups is 2. The number of azo groups is 1. The number of nitrogens with two attached hydrogens (primary N) is 1. The molecule has 0 amide bonds. The molecule has 1 aliphatic carbocycles. The van der Waals surface area contributed by atoms with Crippen molar-refractivity contribution in [2.75, 3.05) is 35.9 Å². The van der Waals surface area contributed by atoms with Crippen molar-refractivity contribution >= 4 is 101 Å². The van der Waals surface area contributed by atoms with E-state index >= 15 is 0 Å². The highest BCUT2D eigenvalue weighted by Crippen LogP contribution is 2.41. The summed E-state index contributed by atoms with van der Waals surface area (Å²) in [6.45, 7) is -1.83. The van der Waals surface area contributed by atoms with Crippen LogP contribution in [0.2, 0.25) is 0 Å². The fourth-order valence-electron chi connectivity index (χ4n) is 4.52. The van der Waals surface area contributed by atoms with E-state index in [2.05, 4.69) is 29.1 Å². The molecule has 3 aromatic rings. The van der Waals surface area contributed by atoms with Crippen LogP contribution < -0.4 is 11.2 Å². The molecule has 0 spiro atoms. The highest BCUT2D eigenvalue weighted by atomic mass is 32.3. The number of hydrogen-bond donors (Lipinski definition) is 6. The molecular weight excluding hydrogens is 879 g/mol. The van der Waals surface area contributed by atoms with Gasteiger partial charge in [-0.2, -0.15) is 43.9 Å². The quantitative estimate of drug-likeness (QED) is 0.0505. The number of carbonyl (C=O) groups excluding carboxylic acids is 1. The van der Waals surface area contributed by atoms with Crippen molar-refractivity contribution in [2.24, 2.45) is 15.3 Å². The first-order chi connectivity index (χ1) is 25.6. The van der Waals surface area contributed by atoms with Gasteiger partial charge in [0.25, 0.3) is 20.2 Å². The van der Waals surface area contributed by atoms with Gasteiger partial charge in [0.15, 0.2) is 25.4 Å². The molecule has 3 aromatic carbocycles. The Labute approximate surface area is 318 Å². The van der Waals surface area contributed by atoms with Gasteiger partial charge in [-0.3, -0.25) is 28.4 Å². The lowest BCUT2D eigenvalue weighted by molar-refractivity contribution is 0.106. The fourth-order valence-corrected chi connectivity index (χ4v) is 8.82. The van der Waals surface area contributed by atoms with Crippen LogP contribution in [-0.4, -0.2) is 105 Å². The van der Waals surface area contributed by atoms with E-state index in [1.54, 1.807) is 0 Å². The Morgan fingerprint density at radius 1 is 0.661 bits per heavy atom. The number of fused-ring (bicyclic) bond motifs is 1. The van der Waals surface area contributed by atoms with Crippen LogP contribution in [0.1, 0.15) is 15.9 Å². The van der Waals surface area contributed by atoms with Crippen molar-refractivity contribution in [3.8, 4) is 0 Å². The number of Topliss-reactive ketones (excluding diaryl/α,β-unsaturated/α-hetero) is 1. The van der Waals surface area contributed by atoms with Gasteiger partial charge in [-0.15, -0.1) is 5.11 Å². The zero-order valence-corrected chi connectivity index (χ0v) is 32.3. The van der Waals surface area contributed by atoms with E-state index < -0.39 is 129 Å². The first-order valence-electron chi connectivity index (χ1n) is 14.4.